The molecule has 0 saturated heterocycles. The van der Waals surface area contributed by atoms with Gasteiger partial charge in [-0.05, 0) is 49.7 Å². The van der Waals surface area contributed by atoms with E-state index in [1.165, 1.54) is 61.8 Å². The summed E-state index contributed by atoms with van der Waals surface area (Å²) in [5, 5.41) is 10.5. The molecule has 0 spiro atoms. The van der Waals surface area contributed by atoms with Gasteiger partial charge in [-0.3, -0.25) is 0 Å². The van der Waals surface area contributed by atoms with Gasteiger partial charge in [-0.25, -0.2) is 0 Å². The maximum atomic E-state index is 10.5. The molecule has 1 aromatic heterocycles. The van der Waals surface area contributed by atoms with E-state index in [1.807, 2.05) is 11.3 Å². The molecule has 0 fully saturated rings. The van der Waals surface area contributed by atoms with E-state index in [2.05, 4.69) is 19.9 Å². The summed E-state index contributed by atoms with van der Waals surface area (Å²) in [5.74, 6) is 0.689. The van der Waals surface area contributed by atoms with Crippen LogP contribution in [0.25, 0.3) is 0 Å². The minimum atomic E-state index is -0.225. The van der Waals surface area contributed by atoms with Crippen molar-refractivity contribution in [2.45, 2.75) is 77.7 Å². The Hall–Kier alpha value is -0.340. The lowest BCUT2D eigenvalue weighted by Gasteiger charge is -2.17. The fourth-order valence-electron chi connectivity index (χ4n) is 3.09. The summed E-state index contributed by atoms with van der Waals surface area (Å²) in [6, 6.07) is 2.29. The summed E-state index contributed by atoms with van der Waals surface area (Å²) in [7, 11) is 0. The molecular weight excluding hydrogens is 252 g/mol. The maximum absolute atomic E-state index is 10.5. The number of rotatable bonds is 7. The molecule has 0 aromatic carbocycles. The largest absolute Gasteiger partial charge is 0.388 e. The molecule has 2 atom stereocenters. The van der Waals surface area contributed by atoms with Crippen LogP contribution < -0.4 is 0 Å². The Labute approximate surface area is 122 Å². The predicted octanol–water partition coefficient (Wildman–Crippen LogP) is 5.27. The number of hydrogen-bond donors (Lipinski definition) is 1. The van der Waals surface area contributed by atoms with Gasteiger partial charge in [0, 0.05) is 9.75 Å². The predicted molar refractivity (Wildman–Crippen MR) is 83.8 cm³/mol. The van der Waals surface area contributed by atoms with Crippen LogP contribution in [-0.2, 0) is 12.8 Å². The first-order valence-corrected chi connectivity index (χ1v) is 8.85. The number of hydrogen-bond acceptors (Lipinski definition) is 2. The third kappa shape index (κ3) is 4.06. The number of fused-ring (bicyclic) bond motifs is 1. The Bertz CT molecular complexity index is 359. The van der Waals surface area contributed by atoms with Gasteiger partial charge in [0.05, 0.1) is 6.10 Å². The fraction of sp³-hybridized carbons (Fsp3) is 0.765. The van der Waals surface area contributed by atoms with Gasteiger partial charge < -0.3 is 5.11 Å². The van der Waals surface area contributed by atoms with Crippen LogP contribution in [0.5, 0.6) is 0 Å². The van der Waals surface area contributed by atoms with Gasteiger partial charge in [0.25, 0.3) is 0 Å². The van der Waals surface area contributed by atoms with Gasteiger partial charge in [-0.1, -0.05) is 39.5 Å². The molecule has 1 N–H and O–H groups in total. The third-order valence-corrected chi connectivity index (χ3v) is 5.78. The zero-order chi connectivity index (χ0) is 13.7. The average Bonchev–Trinajstić information content (AvgIpc) is 2.87. The third-order valence-electron chi connectivity index (χ3n) is 4.44. The quantitative estimate of drug-likeness (QED) is 0.721. The van der Waals surface area contributed by atoms with Crippen molar-refractivity contribution in [2.24, 2.45) is 5.92 Å². The van der Waals surface area contributed by atoms with Gasteiger partial charge >= 0.3 is 0 Å². The molecule has 108 valence electrons. The Balaban J connectivity index is 1.94. The topological polar surface area (TPSA) is 20.2 Å². The highest BCUT2D eigenvalue weighted by molar-refractivity contribution is 7.12. The molecule has 2 unspecified atom stereocenters. The summed E-state index contributed by atoms with van der Waals surface area (Å²) in [6.45, 7) is 4.50. The minimum Gasteiger partial charge on any atom is -0.388 e. The lowest BCUT2D eigenvalue weighted by Crippen LogP contribution is -2.06. The van der Waals surface area contributed by atoms with Crippen LogP contribution in [0.4, 0.5) is 0 Å². The number of aliphatic hydroxyl groups is 1. The van der Waals surface area contributed by atoms with Crippen LogP contribution in [0.3, 0.4) is 0 Å². The number of aliphatic hydroxyl groups excluding tert-OH is 1. The summed E-state index contributed by atoms with van der Waals surface area (Å²) >= 11 is 1.87. The van der Waals surface area contributed by atoms with Gasteiger partial charge in [-0.2, -0.15) is 0 Å². The second-order valence-electron chi connectivity index (χ2n) is 5.97. The molecule has 0 saturated carbocycles. The van der Waals surface area contributed by atoms with Crippen molar-refractivity contribution in [3.8, 4) is 0 Å². The van der Waals surface area contributed by atoms with E-state index in [0.717, 1.165) is 6.42 Å². The van der Waals surface area contributed by atoms with E-state index in [0.29, 0.717) is 5.92 Å². The molecule has 0 bridgehead atoms. The number of unbranched alkanes of at least 4 members (excludes halogenated alkanes) is 1. The molecule has 0 amide bonds. The lowest BCUT2D eigenvalue weighted by atomic mass is 9.92. The lowest BCUT2D eigenvalue weighted by molar-refractivity contribution is 0.142. The van der Waals surface area contributed by atoms with Crippen molar-refractivity contribution in [2.75, 3.05) is 0 Å². The molecule has 2 rings (SSSR count). The van der Waals surface area contributed by atoms with Gasteiger partial charge in [0.2, 0.25) is 0 Å². The van der Waals surface area contributed by atoms with Gasteiger partial charge in [-0.15, -0.1) is 11.3 Å². The molecule has 1 aliphatic carbocycles. The molecule has 2 heteroatoms. The Morgan fingerprint density at radius 2 is 2.05 bits per heavy atom. The first-order valence-electron chi connectivity index (χ1n) is 8.04. The first-order chi connectivity index (χ1) is 9.24. The number of aryl methyl sites for hydroxylation is 2. The standard InChI is InChI=1S/C17H28OS/c1-3-5-8-13(4-2)11-15(18)17-12-14-9-6-7-10-16(14)19-17/h12-13,15,18H,3-11H2,1-2H3. The molecule has 0 radical (unpaired) electrons. The van der Waals surface area contributed by atoms with Crippen molar-refractivity contribution in [3.05, 3.63) is 21.4 Å². The molecule has 1 aliphatic rings. The summed E-state index contributed by atoms with van der Waals surface area (Å²) in [4.78, 5) is 2.77. The van der Waals surface area contributed by atoms with Crippen molar-refractivity contribution in [3.63, 3.8) is 0 Å². The molecule has 1 nitrogen and oxygen atoms in total. The average molecular weight is 280 g/mol. The van der Waals surface area contributed by atoms with E-state index in [-0.39, 0.29) is 6.10 Å². The van der Waals surface area contributed by atoms with Crippen LogP contribution in [0, 0.1) is 5.92 Å². The van der Waals surface area contributed by atoms with Gasteiger partial charge in [0.1, 0.15) is 0 Å². The summed E-state index contributed by atoms with van der Waals surface area (Å²) in [6.07, 6.45) is 10.9. The Morgan fingerprint density at radius 3 is 2.74 bits per heavy atom. The Kier molecular flexibility index (Phi) is 5.90. The highest BCUT2D eigenvalue weighted by Crippen LogP contribution is 2.36. The smallest absolute Gasteiger partial charge is 0.0884 e. The van der Waals surface area contributed by atoms with Crippen molar-refractivity contribution in [1.29, 1.82) is 0 Å². The normalized spacial score (nSPS) is 18.1. The van der Waals surface area contributed by atoms with E-state index in [1.54, 1.807) is 4.88 Å². The van der Waals surface area contributed by atoms with Crippen molar-refractivity contribution in [1.82, 2.24) is 0 Å². The monoisotopic (exact) mass is 280 g/mol. The zero-order valence-electron chi connectivity index (χ0n) is 12.5. The molecule has 0 aliphatic heterocycles. The molecule has 19 heavy (non-hydrogen) atoms. The van der Waals surface area contributed by atoms with Crippen LogP contribution in [0.2, 0.25) is 0 Å². The van der Waals surface area contributed by atoms with Gasteiger partial charge in [0.15, 0.2) is 0 Å². The molecule has 1 heterocycles. The van der Waals surface area contributed by atoms with Crippen LogP contribution in [-0.4, -0.2) is 5.11 Å². The summed E-state index contributed by atoms with van der Waals surface area (Å²) < 4.78 is 0. The van der Waals surface area contributed by atoms with E-state index >= 15 is 0 Å². The molecule has 1 aromatic rings. The minimum absolute atomic E-state index is 0.225. The second kappa shape index (κ2) is 7.44. The molecular formula is C17H28OS. The highest BCUT2D eigenvalue weighted by Gasteiger charge is 2.20. The number of thiophene rings is 1. The maximum Gasteiger partial charge on any atom is 0.0884 e. The first kappa shape index (κ1) is 15.1. The van der Waals surface area contributed by atoms with Crippen LogP contribution >= 0.6 is 11.3 Å². The highest BCUT2D eigenvalue weighted by atomic mass is 32.1. The van der Waals surface area contributed by atoms with Crippen LogP contribution in [0.1, 0.15) is 80.2 Å². The zero-order valence-corrected chi connectivity index (χ0v) is 13.3. The van der Waals surface area contributed by atoms with Crippen molar-refractivity contribution >= 4 is 11.3 Å². The SMILES string of the molecule is CCCCC(CC)CC(O)c1cc2c(s1)CCCC2. The van der Waals surface area contributed by atoms with E-state index in [4.69, 9.17) is 0 Å². The fourth-order valence-corrected chi connectivity index (χ4v) is 4.35. The van der Waals surface area contributed by atoms with E-state index in [9.17, 15) is 5.11 Å². The summed E-state index contributed by atoms with van der Waals surface area (Å²) in [5.41, 5.74) is 1.52. The van der Waals surface area contributed by atoms with E-state index < -0.39 is 0 Å². The Morgan fingerprint density at radius 1 is 1.26 bits per heavy atom. The van der Waals surface area contributed by atoms with Crippen LogP contribution in [0.15, 0.2) is 6.07 Å². The second-order valence-corrected chi connectivity index (χ2v) is 7.14. The van der Waals surface area contributed by atoms with Crippen molar-refractivity contribution < 1.29 is 5.11 Å².